The number of rotatable bonds is 4. The summed E-state index contributed by atoms with van der Waals surface area (Å²) in [5, 5.41) is 16.0. The molecule has 7 heteroatoms. The minimum absolute atomic E-state index is 0.0581. The molecular formula is C14H22N4O3. The van der Waals surface area contributed by atoms with Crippen LogP contribution in [0.25, 0.3) is 0 Å². The number of aliphatic carboxylic acids is 1. The van der Waals surface area contributed by atoms with Gasteiger partial charge in [0.25, 0.3) is 5.91 Å². The molecule has 1 amide bonds. The number of aryl methyl sites for hydroxylation is 1. The zero-order valence-electron chi connectivity index (χ0n) is 12.7. The van der Waals surface area contributed by atoms with E-state index < -0.39 is 11.4 Å². The first-order chi connectivity index (χ1) is 9.86. The van der Waals surface area contributed by atoms with Crippen LogP contribution in [0.1, 0.15) is 50.1 Å². The number of carboxylic acid groups (broad SMARTS) is 1. The minimum atomic E-state index is -0.841. The summed E-state index contributed by atoms with van der Waals surface area (Å²) in [6.07, 6.45) is 2.31. The third-order valence-electron chi connectivity index (χ3n) is 4.34. The van der Waals surface area contributed by atoms with Crippen molar-refractivity contribution in [3.8, 4) is 0 Å². The fraction of sp³-hybridized carbons (Fsp3) is 0.714. The highest BCUT2D eigenvalue weighted by Crippen LogP contribution is 2.34. The smallest absolute Gasteiger partial charge is 0.309 e. The first kappa shape index (κ1) is 15.5. The van der Waals surface area contributed by atoms with Gasteiger partial charge in [0.15, 0.2) is 0 Å². The van der Waals surface area contributed by atoms with Crippen molar-refractivity contribution in [3.05, 3.63) is 11.6 Å². The molecule has 7 nitrogen and oxygen atoms in total. The molecule has 21 heavy (non-hydrogen) atoms. The average molecular weight is 294 g/mol. The van der Waals surface area contributed by atoms with Gasteiger partial charge >= 0.3 is 5.97 Å². The average Bonchev–Trinajstić information content (AvgIpc) is 2.95. The van der Waals surface area contributed by atoms with Crippen LogP contribution in [0.3, 0.4) is 0 Å². The maximum Gasteiger partial charge on any atom is 0.309 e. The Kier molecular flexibility index (Phi) is 4.29. The van der Waals surface area contributed by atoms with Gasteiger partial charge in [-0.05, 0) is 32.6 Å². The topological polar surface area (TPSA) is 99.2 Å². The van der Waals surface area contributed by atoms with Gasteiger partial charge in [-0.15, -0.1) is 5.10 Å². The predicted molar refractivity (Wildman–Crippen MR) is 75.8 cm³/mol. The van der Waals surface area contributed by atoms with Crippen LogP contribution in [0.2, 0.25) is 0 Å². The fourth-order valence-electron chi connectivity index (χ4n) is 2.62. The second kappa shape index (κ2) is 5.83. The van der Waals surface area contributed by atoms with E-state index in [0.717, 1.165) is 12.8 Å². The summed E-state index contributed by atoms with van der Waals surface area (Å²) in [5.41, 5.74) is -0.841. The Bertz CT molecular complexity index is 538. The second-order valence-electron chi connectivity index (χ2n) is 6.08. The maximum absolute atomic E-state index is 12.4. The van der Waals surface area contributed by atoms with Crippen molar-refractivity contribution in [3.63, 3.8) is 0 Å². The van der Waals surface area contributed by atoms with E-state index in [1.807, 2.05) is 6.92 Å². The number of carbonyl (C=O) groups excluding carboxylic acids is 1. The van der Waals surface area contributed by atoms with Gasteiger partial charge in [0, 0.05) is 19.5 Å². The quantitative estimate of drug-likeness (QED) is 0.872. The summed E-state index contributed by atoms with van der Waals surface area (Å²) in [6, 6.07) is 0. The molecule has 1 saturated heterocycles. The molecule has 116 valence electrons. The molecule has 1 atom stereocenters. The summed E-state index contributed by atoms with van der Waals surface area (Å²) in [4.78, 5) is 29.6. The number of aromatic nitrogens is 3. The molecule has 0 bridgehead atoms. The van der Waals surface area contributed by atoms with E-state index in [9.17, 15) is 14.7 Å². The molecule has 0 spiro atoms. The van der Waals surface area contributed by atoms with E-state index >= 15 is 0 Å². The number of amides is 1. The van der Waals surface area contributed by atoms with Gasteiger partial charge in [-0.1, -0.05) is 6.92 Å². The molecule has 0 aromatic carbocycles. The summed E-state index contributed by atoms with van der Waals surface area (Å²) in [5.74, 6) is -0.263. The number of piperidine rings is 1. The fourth-order valence-corrected chi connectivity index (χ4v) is 2.62. The van der Waals surface area contributed by atoms with Gasteiger partial charge in [-0.3, -0.25) is 14.7 Å². The molecular weight excluding hydrogens is 272 g/mol. The summed E-state index contributed by atoms with van der Waals surface area (Å²) in [7, 11) is 0. The van der Waals surface area contributed by atoms with Gasteiger partial charge < -0.3 is 10.0 Å². The van der Waals surface area contributed by atoms with Crippen molar-refractivity contribution < 1.29 is 14.7 Å². The van der Waals surface area contributed by atoms with E-state index in [-0.39, 0.29) is 17.6 Å². The van der Waals surface area contributed by atoms with Gasteiger partial charge in [0.1, 0.15) is 5.82 Å². The van der Waals surface area contributed by atoms with Gasteiger partial charge in [0.05, 0.1) is 5.41 Å². The van der Waals surface area contributed by atoms with Crippen LogP contribution in [0.4, 0.5) is 0 Å². The summed E-state index contributed by atoms with van der Waals surface area (Å²) < 4.78 is 0. The Hall–Kier alpha value is -1.92. The summed E-state index contributed by atoms with van der Waals surface area (Å²) >= 11 is 0. The number of hydrogen-bond donors (Lipinski definition) is 2. The van der Waals surface area contributed by atoms with Crippen molar-refractivity contribution in [2.24, 2.45) is 11.3 Å². The summed E-state index contributed by atoms with van der Waals surface area (Å²) in [6.45, 7) is 6.43. The Morgan fingerprint density at radius 3 is 2.76 bits per heavy atom. The largest absolute Gasteiger partial charge is 0.481 e. The lowest BCUT2D eigenvalue weighted by Gasteiger charge is -2.38. The highest BCUT2D eigenvalue weighted by molar-refractivity contribution is 5.90. The van der Waals surface area contributed by atoms with Crippen LogP contribution >= 0.6 is 0 Å². The van der Waals surface area contributed by atoms with Crippen molar-refractivity contribution in [1.82, 2.24) is 20.1 Å². The van der Waals surface area contributed by atoms with Crippen molar-refractivity contribution in [2.45, 2.75) is 40.0 Å². The molecule has 0 saturated carbocycles. The molecule has 2 rings (SSSR count). The molecule has 2 heterocycles. The van der Waals surface area contributed by atoms with E-state index in [1.165, 1.54) is 0 Å². The van der Waals surface area contributed by atoms with Crippen LogP contribution in [0, 0.1) is 11.3 Å². The normalized spacial score (nSPS) is 19.6. The number of aromatic amines is 1. The van der Waals surface area contributed by atoms with Gasteiger partial charge in [-0.25, -0.2) is 4.98 Å². The highest BCUT2D eigenvalue weighted by Gasteiger charge is 2.40. The zero-order chi connectivity index (χ0) is 15.6. The molecule has 1 fully saturated rings. The van der Waals surface area contributed by atoms with Crippen LogP contribution in [-0.2, 0) is 11.2 Å². The third-order valence-corrected chi connectivity index (χ3v) is 4.34. The third kappa shape index (κ3) is 3.06. The number of H-pyrrole nitrogens is 1. The molecule has 0 aliphatic carbocycles. The van der Waals surface area contributed by atoms with Crippen molar-refractivity contribution in [2.75, 3.05) is 13.1 Å². The Morgan fingerprint density at radius 2 is 2.19 bits per heavy atom. The van der Waals surface area contributed by atoms with Crippen LogP contribution in [0.5, 0.6) is 0 Å². The van der Waals surface area contributed by atoms with E-state index in [2.05, 4.69) is 15.2 Å². The molecule has 1 aliphatic rings. The highest BCUT2D eigenvalue weighted by atomic mass is 16.4. The number of nitrogens with zero attached hydrogens (tertiary/aromatic N) is 3. The van der Waals surface area contributed by atoms with Crippen LogP contribution < -0.4 is 0 Å². The molecule has 1 unspecified atom stereocenters. The zero-order valence-corrected chi connectivity index (χ0v) is 12.7. The second-order valence-corrected chi connectivity index (χ2v) is 6.08. The van der Waals surface area contributed by atoms with Crippen LogP contribution in [-0.4, -0.2) is 50.2 Å². The van der Waals surface area contributed by atoms with Crippen molar-refractivity contribution >= 4 is 11.9 Å². The van der Waals surface area contributed by atoms with Gasteiger partial charge in [0.2, 0.25) is 5.82 Å². The first-order valence-electron chi connectivity index (χ1n) is 7.30. The number of hydrogen-bond acceptors (Lipinski definition) is 4. The monoisotopic (exact) mass is 294 g/mol. The number of nitrogens with one attached hydrogen (secondary N) is 1. The number of carboxylic acids is 1. The molecule has 1 aliphatic heterocycles. The lowest BCUT2D eigenvalue weighted by molar-refractivity contribution is -0.151. The van der Waals surface area contributed by atoms with Gasteiger partial charge in [-0.2, -0.15) is 0 Å². The number of likely N-dealkylation sites (tertiary alicyclic amines) is 1. The number of carbonyl (C=O) groups is 2. The first-order valence-corrected chi connectivity index (χ1v) is 7.30. The lowest BCUT2D eigenvalue weighted by atomic mass is 9.74. The standard InChI is InChI=1S/C14H22N4O3/c1-4-10-15-11(17-16-10)12(19)18-7-5-6-9(8-18)14(2,3)13(20)21/h9H,4-8H2,1-3H3,(H,20,21)(H,15,16,17). The van der Waals surface area contributed by atoms with E-state index in [0.29, 0.717) is 25.3 Å². The predicted octanol–water partition coefficient (Wildman–Crippen LogP) is 1.33. The minimum Gasteiger partial charge on any atom is -0.481 e. The Morgan fingerprint density at radius 1 is 1.48 bits per heavy atom. The SMILES string of the molecule is CCc1nc(C(=O)N2CCCC(C(C)(C)C(=O)O)C2)n[nH]1. The molecule has 2 N–H and O–H groups in total. The van der Waals surface area contributed by atoms with E-state index in [1.54, 1.807) is 18.7 Å². The Labute approximate surface area is 123 Å². The maximum atomic E-state index is 12.4. The molecule has 0 radical (unpaired) electrons. The molecule has 1 aromatic heterocycles. The lowest BCUT2D eigenvalue weighted by Crippen LogP contribution is -2.47. The Balaban J connectivity index is 2.10. The molecule has 1 aromatic rings. The van der Waals surface area contributed by atoms with E-state index in [4.69, 9.17) is 0 Å². The van der Waals surface area contributed by atoms with Crippen molar-refractivity contribution in [1.29, 1.82) is 0 Å². The van der Waals surface area contributed by atoms with Crippen LogP contribution in [0.15, 0.2) is 0 Å².